The quantitative estimate of drug-likeness (QED) is 0.233. The van der Waals surface area contributed by atoms with Gasteiger partial charge in [0.2, 0.25) is 5.91 Å². The molecule has 8 heteroatoms. The van der Waals surface area contributed by atoms with Crippen LogP contribution in [0.25, 0.3) is 0 Å². The molecule has 2 amide bonds. The molecule has 212 valence electrons. The number of hydrogen-bond donors (Lipinski definition) is 1. The SMILES string of the molecule is C=CCCOC(=O)[C@H]1[C@H]2C(=O)N(CCCCCO)C(C(=O)N(CC=C)c3c(C)cccc3C)C23CC[C@]1(C)O3. The Bertz CT molecular complexity index is 1110. The fourth-order valence-corrected chi connectivity index (χ4v) is 7.01. The average molecular weight is 539 g/mol. The van der Waals surface area contributed by atoms with Crippen molar-refractivity contribution < 1.29 is 29.0 Å². The maximum Gasteiger partial charge on any atom is 0.312 e. The normalized spacial score (nSPS) is 28.9. The van der Waals surface area contributed by atoms with E-state index in [2.05, 4.69) is 13.2 Å². The molecule has 0 aromatic heterocycles. The van der Waals surface area contributed by atoms with Gasteiger partial charge < -0.3 is 24.4 Å². The zero-order chi connectivity index (χ0) is 28.4. The molecule has 4 rings (SSSR count). The number of ether oxygens (including phenoxy) is 2. The largest absolute Gasteiger partial charge is 0.465 e. The number of likely N-dealkylation sites (tertiary alicyclic amines) is 1. The highest BCUT2D eigenvalue weighted by Gasteiger charge is 2.78. The Balaban J connectivity index is 1.76. The Labute approximate surface area is 231 Å². The molecule has 0 saturated carbocycles. The Morgan fingerprint density at radius 1 is 1.18 bits per heavy atom. The van der Waals surface area contributed by atoms with Crippen LogP contribution < -0.4 is 4.90 Å². The molecule has 2 unspecified atom stereocenters. The van der Waals surface area contributed by atoms with E-state index in [1.807, 2.05) is 39.0 Å². The van der Waals surface area contributed by atoms with Crippen LogP contribution in [0.3, 0.4) is 0 Å². The lowest BCUT2D eigenvalue weighted by Crippen LogP contribution is -2.56. The third kappa shape index (κ3) is 4.93. The van der Waals surface area contributed by atoms with Gasteiger partial charge in [-0.1, -0.05) is 30.4 Å². The highest BCUT2D eigenvalue weighted by molar-refractivity contribution is 6.05. The third-order valence-electron chi connectivity index (χ3n) is 8.68. The topological polar surface area (TPSA) is 96.4 Å². The number of para-hydroxylation sites is 1. The van der Waals surface area contributed by atoms with Crippen LogP contribution in [0.5, 0.6) is 0 Å². The second kappa shape index (κ2) is 11.6. The van der Waals surface area contributed by atoms with Gasteiger partial charge in [0.25, 0.3) is 5.91 Å². The van der Waals surface area contributed by atoms with E-state index in [4.69, 9.17) is 9.47 Å². The summed E-state index contributed by atoms with van der Waals surface area (Å²) in [5.41, 5.74) is 0.706. The summed E-state index contributed by atoms with van der Waals surface area (Å²) < 4.78 is 12.3. The number of nitrogens with zero attached hydrogens (tertiary/aromatic N) is 2. The first kappa shape index (κ1) is 29.0. The zero-order valence-corrected chi connectivity index (χ0v) is 23.5. The number of carbonyl (C=O) groups excluding carboxylic acids is 3. The highest BCUT2D eigenvalue weighted by atomic mass is 16.6. The minimum absolute atomic E-state index is 0.0721. The molecule has 8 nitrogen and oxygen atoms in total. The Hall–Kier alpha value is -2.97. The molecule has 3 aliphatic rings. The maximum atomic E-state index is 14.6. The fraction of sp³-hybridized carbons (Fsp3) is 0.581. The maximum absolute atomic E-state index is 14.6. The minimum atomic E-state index is -1.11. The number of hydrogen-bond acceptors (Lipinski definition) is 6. The molecule has 3 aliphatic heterocycles. The van der Waals surface area contributed by atoms with Crippen molar-refractivity contribution in [1.29, 1.82) is 0 Å². The average Bonchev–Trinajstić information content (AvgIpc) is 3.46. The van der Waals surface area contributed by atoms with Crippen molar-refractivity contribution in [3.63, 3.8) is 0 Å². The molecule has 3 saturated heterocycles. The summed E-state index contributed by atoms with van der Waals surface area (Å²) in [6, 6.07) is 5.01. The van der Waals surface area contributed by atoms with Gasteiger partial charge in [0, 0.05) is 25.4 Å². The number of aryl methyl sites for hydroxylation is 2. The minimum Gasteiger partial charge on any atom is -0.465 e. The number of anilines is 1. The van der Waals surface area contributed by atoms with E-state index < -0.39 is 35.0 Å². The van der Waals surface area contributed by atoms with E-state index in [0.717, 1.165) is 23.2 Å². The van der Waals surface area contributed by atoms with Gasteiger partial charge in [-0.15, -0.1) is 13.2 Å². The summed E-state index contributed by atoms with van der Waals surface area (Å²) in [5.74, 6) is -2.48. The van der Waals surface area contributed by atoms with Crippen LogP contribution in [0, 0.1) is 25.7 Å². The van der Waals surface area contributed by atoms with Crippen LogP contribution in [-0.2, 0) is 23.9 Å². The smallest absolute Gasteiger partial charge is 0.312 e. The number of rotatable bonds is 13. The number of carbonyl (C=O) groups is 3. The number of benzene rings is 1. The lowest BCUT2D eigenvalue weighted by molar-refractivity contribution is -0.159. The summed E-state index contributed by atoms with van der Waals surface area (Å²) in [6.45, 7) is 14.3. The summed E-state index contributed by atoms with van der Waals surface area (Å²) in [4.78, 5) is 45.5. The van der Waals surface area contributed by atoms with Gasteiger partial charge in [0.05, 0.1) is 18.1 Å². The molecule has 3 fully saturated rings. The summed E-state index contributed by atoms with van der Waals surface area (Å²) in [6.07, 6.45) is 6.93. The first-order chi connectivity index (χ1) is 18.7. The predicted octanol–water partition coefficient (Wildman–Crippen LogP) is 3.87. The van der Waals surface area contributed by atoms with E-state index in [1.165, 1.54) is 0 Å². The number of fused-ring (bicyclic) bond motifs is 1. The molecule has 39 heavy (non-hydrogen) atoms. The van der Waals surface area contributed by atoms with Gasteiger partial charge in [-0.05, 0) is 70.4 Å². The number of amides is 2. The van der Waals surface area contributed by atoms with Gasteiger partial charge in [0.15, 0.2) is 0 Å². The molecule has 0 radical (unpaired) electrons. The van der Waals surface area contributed by atoms with E-state index >= 15 is 0 Å². The fourth-order valence-electron chi connectivity index (χ4n) is 7.01. The molecule has 3 heterocycles. The first-order valence-corrected chi connectivity index (χ1v) is 14.0. The van der Waals surface area contributed by atoms with Crippen molar-refractivity contribution in [3.05, 3.63) is 54.6 Å². The van der Waals surface area contributed by atoms with Crippen LogP contribution in [0.2, 0.25) is 0 Å². The summed E-state index contributed by atoms with van der Waals surface area (Å²) in [5, 5.41) is 9.26. The van der Waals surface area contributed by atoms with Gasteiger partial charge in [-0.25, -0.2) is 0 Å². The lowest BCUT2D eigenvalue weighted by Gasteiger charge is -2.37. The zero-order valence-electron chi connectivity index (χ0n) is 23.5. The second-order valence-corrected chi connectivity index (χ2v) is 11.3. The van der Waals surface area contributed by atoms with E-state index in [-0.39, 0.29) is 31.6 Å². The first-order valence-electron chi connectivity index (χ1n) is 14.0. The van der Waals surface area contributed by atoms with Crippen LogP contribution in [-0.4, -0.2) is 71.3 Å². The van der Waals surface area contributed by atoms with Crippen LogP contribution in [0.4, 0.5) is 5.69 Å². The summed E-state index contributed by atoms with van der Waals surface area (Å²) in [7, 11) is 0. The third-order valence-corrected chi connectivity index (χ3v) is 8.68. The molecule has 2 bridgehead atoms. The number of esters is 1. The van der Waals surface area contributed by atoms with Crippen LogP contribution in [0.15, 0.2) is 43.5 Å². The molecule has 1 spiro atoms. The van der Waals surface area contributed by atoms with Crippen molar-refractivity contribution in [2.45, 2.75) is 76.5 Å². The lowest BCUT2D eigenvalue weighted by atomic mass is 9.66. The number of aliphatic hydroxyl groups excluding tert-OH is 1. The van der Waals surface area contributed by atoms with Gasteiger partial charge >= 0.3 is 5.97 Å². The number of unbranched alkanes of at least 4 members (excludes halogenated alkanes) is 2. The van der Waals surface area contributed by atoms with Gasteiger partial charge in [-0.3, -0.25) is 14.4 Å². The van der Waals surface area contributed by atoms with Crippen molar-refractivity contribution in [1.82, 2.24) is 4.90 Å². The Kier molecular flexibility index (Phi) is 8.66. The standard InChI is InChI=1S/C31H42N2O6/c1-6-8-20-38-29(37)24-23-27(35)33(18-10-9-11-19-34)26(31(23)16-15-30(24,5)39-31)28(36)32(17-7-2)25-21(3)13-12-14-22(25)4/h6-7,12-14,23-24,26,34H,1-2,8-11,15-20H2,3-5H3/t23-,24+,26?,30-,31?/m0/s1. The monoisotopic (exact) mass is 538 g/mol. The molecule has 5 atom stereocenters. The Morgan fingerprint density at radius 3 is 2.54 bits per heavy atom. The highest BCUT2D eigenvalue weighted by Crippen LogP contribution is 2.63. The van der Waals surface area contributed by atoms with Gasteiger partial charge in [0.1, 0.15) is 17.6 Å². The molecule has 1 N–H and O–H groups in total. The summed E-state index contributed by atoms with van der Waals surface area (Å²) >= 11 is 0. The van der Waals surface area contributed by atoms with Crippen LogP contribution >= 0.6 is 0 Å². The Morgan fingerprint density at radius 2 is 1.90 bits per heavy atom. The molecular formula is C31H42N2O6. The van der Waals surface area contributed by atoms with Crippen LogP contribution in [0.1, 0.15) is 56.6 Å². The molecule has 0 aliphatic carbocycles. The predicted molar refractivity (Wildman–Crippen MR) is 149 cm³/mol. The van der Waals surface area contributed by atoms with E-state index in [0.29, 0.717) is 38.6 Å². The molecular weight excluding hydrogens is 496 g/mol. The van der Waals surface area contributed by atoms with Gasteiger partial charge in [-0.2, -0.15) is 0 Å². The van der Waals surface area contributed by atoms with Crippen molar-refractivity contribution in [2.75, 3.05) is 31.2 Å². The molecule has 1 aromatic rings. The van der Waals surface area contributed by atoms with Crippen molar-refractivity contribution >= 4 is 23.5 Å². The number of aliphatic hydroxyl groups is 1. The van der Waals surface area contributed by atoms with E-state index in [1.54, 1.807) is 22.0 Å². The van der Waals surface area contributed by atoms with Crippen molar-refractivity contribution in [3.8, 4) is 0 Å². The van der Waals surface area contributed by atoms with E-state index in [9.17, 15) is 19.5 Å². The molecule has 1 aromatic carbocycles. The second-order valence-electron chi connectivity index (χ2n) is 11.3. The van der Waals surface area contributed by atoms with Crippen molar-refractivity contribution in [2.24, 2.45) is 11.8 Å².